The molecule has 0 bridgehead atoms. The molecule has 0 aromatic rings. The monoisotopic (exact) mass is 203 g/mol. The van der Waals surface area contributed by atoms with Crippen LogP contribution in [0, 0.1) is 0 Å². The van der Waals surface area contributed by atoms with E-state index in [4.69, 9.17) is 11.5 Å². The summed E-state index contributed by atoms with van der Waals surface area (Å²) < 4.78 is -0.334. The summed E-state index contributed by atoms with van der Waals surface area (Å²) in [5.74, 6) is 0.208. The fourth-order valence-corrected chi connectivity index (χ4v) is 1.03. The van der Waals surface area contributed by atoms with E-state index >= 15 is 0 Å². The fraction of sp³-hybridized carbons (Fsp3) is 0.750. The Morgan fingerprint density at radius 1 is 1.46 bits per heavy atom. The zero-order valence-electron chi connectivity index (χ0n) is 8.33. The molecule has 0 heterocycles. The van der Waals surface area contributed by atoms with Crippen LogP contribution >= 0.6 is 11.8 Å². The van der Waals surface area contributed by atoms with E-state index in [1.54, 1.807) is 0 Å². The van der Waals surface area contributed by atoms with Crippen LogP contribution in [0.1, 0.15) is 20.3 Å². The van der Waals surface area contributed by atoms with E-state index < -0.39 is 0 Å². The van der Waals surface area contributed by atoms with E-state index in [0.717, 1.165) is 0 Å². The van der Waals surface area contributed by atoms with Gasteiger partial charge in [0.05, 0.1) is 4.75 Å². The average molecular weight is 203 g/mol. The van der Waals surface area contributed by atoms with Crippen molar-refractivity contribution in [3.8, 4) is 0 Å². The summed E-state index contributed by atoms with van der Waals surface area (Å²) >= 11 is 1.53. The maximum Gasteiger partial charge on any atom is 0.185 e. The molecule has 0 aliphatic heterocycles. The summed E-state index contributed by atoms with van der Waals surface area (Å²) in [5.41, 5.74) is 10.3. The fourth-order valence-electron chi connectivity index (χ4n) is 0.701. The number of guanidine groups is 1. The predicted molar refractivity (Wildman–Crippen MR) is 57.9 cm³/mol. The zero-order valence-corrected chi connectivity index (χ0v) is 9.15. The largest absolute Gasteiger partial charge is 0.370 e. The number of hydrogen-bond donors (Lipinski definition) is 2. The highest BCUT2D eigenvalue weighted by Gasteiger charge is 2.24. The van der Waals surface area contributed by atoms with Gasteiger partial charge in [-0.25, -0.2) is 0 Å². The van der Waals surface area contributed by atoms with Gasteiger partial charge in [0, 0.05) is 13.0 Å². The van der Waals surface area contributed by atoms with Crippen molar-refractivity contribution in [3.63, 3.8) is 0 Å². The van der Waals surface area contributed by atoms with Gasteiger partial charge in [-0.15, -0.1) is 0 Å². The van der Waals surface area contributed by atoms with E-state index in [0.29, 0.717) is 13.0 Å². The van der Waals surface area contributed by atoms with Crippen molar-refractivity contribution in [2.24, 2.45) is 16.5 Å². The zero-order chi connectivity index (χ0) is 10.5. The molecule has 0 atom stereocenters. The van der Waals surface area contributed by atoms with Gasteiger partial charge in [0.1, 0.15) is 5.78 Å². The summed E-state index contributed by atoms with van der Waals surface area (Å²) in [5, 5.41) is 0. The first-order chi connectivity index (χ1) is 5.90. The first-order valence-corrected chi connectivity index (χ1v) is 5.26. The minimum atomic E-state index is -0.334. The lowest BCUT2D eigenvalue weighted by atomic mass is 10.1. The number of carbonyl (C=O) groups is 1. The normalized spacial score (nSPS) is 11.0. The van der Waals surface area contributed by atoms with Crippen molar-refractivity contribution < 1.29 is 4.79 Å². The number of hydrogen-bond acceptors (Lipinski definition) is 3. The minimum absolute atomic E-state index is 0.0368. The highest BCUT2D eigenvalue weighted by Crippen LogP contribution is 2.23. The molecule has 5 heteroatoms. The first-order valence-electron chi connectivity index (χ1n) is 4.04. The topological polar surface area (TPSA) is 81.5 Å². The molecule has 0 saturated carbocycles. The van der Waals surface area contributed by atoms with Crippen LogP contribution in [0.25, 0.3) is 0 Å². The lowest BCUT2D eigenvalue weighted by Crippen LogP contribution is -2.29. The number of ketones is 1. The second-order valence-electron chi connectivity index (χ2n) is 3.19. The Morgan fingerprint density at radius 2 is 2.00 bits per heavy atom. The molecule has 0 aliphatic carbocycles. The third-order valence-electron chi connectivity index (χ3n) is 1.82. The highest BCUT2D eigenvalue weighted by molar-refractivity contribution is 8.00. The summed E-state index contributed by atoms with van der Waals surface area (Å²) in [7, 11) is 0. The molecular formula is C8H17N3OS. The van der Waals surface area contributed by atoms with Gasteiger partial charge in [-0.1, -0.05) is 0 Å². The Balaban J connectivity index is 3.95. The Hall–Kier alpha value is -0.710. The van der Waals surface area contributed by atoms with Crippen LogP contribution in [-0.4, -0.2) is 29.3 Å². The molecule has 13 heavy (non-hydrogen) atoms. The minimum Gasteiger partial charge on any atom is -0.370 e. The van der Waals surface area contributed by atoms with Crippen molar-refractivity contribution in [2.75, 3.05) is 12.8 Å². The number of rotatable bonds is 5. The summed E-state index contributed by atoms with van der Waals surface area (Å²) in [6.07, 6.45) is 2.31. The molecule has 0 aliphatic rings. The van der Waals surface area contributed by atoms with E-state index in [1.807, 2.05) is 20.1 Å². The van der Waals surface area contributed by atoms with Gasteiger partial charge in [0.25, 0.3) is 0 Å². The summed E-state index contributed by atoms with van der Waals surface area (Å²) in [6.45, 7) is 4.18. The van der Waals surface area contributed by atoms with Crippen LogP contribution in [0.3, 0.4) is 0 Å². The number of nitrogens with two attached hydrogens (primary N) is 2. The number of carbonyl (C=O) groups excluding carboxylic acids is 1. The van der Waals surface area contributed by atoms with Crippen LogP contribution in [0.15, 0.2) is 4.99 Å². The molecule has 0 fully saturated rings. The number of thioether (sulfide) groups is 1. The molecule has 4 N–H and O–H groups in total. The molecule has 0 spiro atoms. The molecule has 0 aromatic heterocycles. The molecule has 0 amide bonds. The molecule has 0 radical (unpaired) electrons. The number of Topliss-reactive ketones (excluding diaryl/α,β-unsaturated/α-hetero) is 1. The lowest BCUT2D eigenvalue weighted by Gasteiger charge is -2.19. The van der Waals surface area contributed by atoms with Crippen LogP contribution in [0.5, 0.6) is 0 Å². The van der Waals surface area contributed by atoms with Crippen molar-refractivity contribution in [1.29, 1.82) is 0 Å². The van der Waals surface area contributed by atoms with Crippen molar-refractivity contribution >= 4 is 23.5 Å². The smallest absolute Gasteiger partial charge is 0.185 e. The summed E-state index contributed by atoms with van der Waals surface area (Å²) in [6, 6.07) is 0. The van der Waals surface area contributed by atoms with Crippen molar-refractivity contribution in [2.45, 2.75) is 25.0 Å². The Labute approximate surface area is 83.2 Å². The van der Waals surface area contributed by atoms with Crippen molar-refractivity contribution in [3.05, 3.63) is 0 Å². The maximum absolute atomic E-state index is 11.5. The molecule has 4 nitrogen and oxygen atoms in total. The van der Waals surface area contributed by atoms with E-state index in [2.05, 4.69) is 4.99 Å². The molecule has 76 valence electrons. The first kappa shape index (κ1) is 12.3. The van der Waals surface area contributed by atoms with Crippen LogP contribution in [0.2, 0.25) is 0 Å². The van der Waals surface area contributed by atoms with Gasteiger partial charge < -0.3 is 11.5 Å². The Bertz CT molecular complexity index is 209. The Kier molecular flexibility index (Phi) is 4.83. The third-order valence-corrected chi connectivity index (χ3v) is 3.06. The van der Waals surface area contributed by atoms with Gasteiger partial charge >= 0.3 is 0 Å². The average Bonchev–Trinajstić information content (AvgIpc) is 2.03. The second kappa shape index (κ2) is 5.11. The molecule has 0 unspecified atom stereocenters. The molecule has 0 aromatic carbocycles. The second-order valence-corrected chi connectivity index (χ2v) is 4.62. The lowest BCUT2D eigenvalue weighted by molar-refractivity contribution is -0.120. The quantitative estimate of drug-likeness (QED) is 0.499. The van der Waals surface area contributed by atoms with E-state index in [1.165, 1.54) is 11.8 Å². The van der Waals surface area contributed by atoms with Gasteiger partial charge in [-0.05, 0) is 20.1 Å². The number of nitrogens with zero attached hydrogens (tertiary/aromatic N) is 1. The third kappa shape index (κ3) is 4.77. The molecule has 0 rings (SSSR count). The number of aliphatic imine (C=N–C) groups is 1. The predicted octanol–water partition coefficient (Wildman–Crippen LogP) is 0.361. The van der Waals surface area contributed by atoms with E-state index in [-0.39, 0.29) is 16.5 Å². The molecular weight excluding hydrogens is 186 g/mol. The SMILES string of the molecule is CSC(C)(C)C(=O)CCN=C(N)N. The van der Waals surface area contributed by atoms with Gasteiger partial charge in [0.15, 0.2) is 5.96 Å². The van der Waals surface area contributed by atoms with Crippen LogP contribution in [-0.2, 0) is 4.79 Å². The van der Waals surface area contributed by atoms with Crippen LogP contribution in [0.4, 0.5) is 0 Å². The highest BCUT2D eigenvalue weighted by atomic mass is 32.2. The van der Waals surface area contributed by atoms with Crippen LogP contribution < -0.4 is 11.5 Å². The molecule has 0 saturated heterocycles. The maximum atomic E-state index is 11.5. The van der Waals surface area contributed by atoms with Crippen molar-refractivity contribution in [1.82, 2.24) is 0 Å². The van der Waals surface area contributed by atoms with Gasteiger partial charge in [0.2, 0.25) is 0 Å². The summed E-state index contributed by atoms with van der Waals surface area (Å²) in [4.78, 5) is 15.3. The standard InChI is InChI=1S/C8H17N3OS/c1-8(2,13-3)6(12)4-5-11-7(9)10/h4-5H2,1-3H3,(H4,9,10,11). The Morgan fingerprint density at radius 3 is 2.38 bits per heavy atom. The van der Waals surface area contributed by atoms with Gasteiger partial charge in [-0.3, -0.25) is 9.79 Å². The van der Waals surface area contributed by atoms with Gasteiger partial charge in [-0.2, -0.15) is 11.8 Å². The van der Waals surface area contributed by atoms with E-state index in [9.17, 15) is 4.79 Å².